The molecular weight excluding hydrogens is 224 g/mol. The monoisotopic (exact) mass is 237 g/mol. The maximum atomic E-state index is 12.3. The van der Waals surface area contributed by atoms with Gasteiger partial charge in [-0.3, -0.25) is 4.79 Å². The number of aliphatic carboxylic acids is 1. The highest BCUT2D eigenvalue weighted by Gasteiger charge is 2.24. The second-order valence-electron chi connectivity index (χ2n) is 2.96. The number of rotatable bonds is 7. The lowest BCUT2D eigenvalue weighted by molar-refractivity contribution is -0.139. The minimum Gasteiger partial charge on any atom is -0.481 e. The summed E-state index contributed by atoms with van der Waals surface area (Å²) in [6.07, 6.45) is -3.08. The van der Waals surface area contributed by atoms with Gasteiger partial charge in [0.1, 0.15) is 6.61 Å². The first-order chi connectivity index (χ1) is 7.47. The fraction of sp³-hybridized carbons (Fsp3) is 0.556. The molecule has 1 unspecified atom stereocenters. The third-order valence-electron chi connectivity index (χ3n) is 1.63. The number of carboxylic acids is 1. The van der Waals surface area contributed by atoms with Crippen LogP contribution in [-0.2, 0) is 9.53 Å². The smallest absolute Gasteiger partial charge is 0.407 e. The van der Waals surface area contributed by atoms with Crippen LogP contribution in [0.15, 0.2) is 12.7 Å². The second-order valence-corrected chi connectivity index (χ2v) is 2.96. The molecule has 0 radical (unpaired) electrons. The third-order valence-corrected chi connectivity index (χ3v) is 1.63. The molecule has 0 heterocycles. The Hall–Kier alpha value is -1.66. The predicted octanol–water partition coefficient (Wildman–Crippen LogP) is 1.25. The van der Waals surface area contributed by atoms with E-state index in [1.54, 1.807) is 0 Å². The number of nitrogens with one attached hydrogen (secondary N) is 1. The Morgan fingerprint density at radius 1 is 1.50 bits per heavy atom. The number of alkyl carbamates (subject to hydrolysis) is 1. The maximum absolute atomic E-state index is 12.3. The van der Waals surface area contributed by atoms with Crippen LogP contribution in [0.5, 0.6) is 0 Å². The van der Waals surface area contributed by atoms with Gasteiger partial charge in [-0.05, 0) is 0 Å². The molecule has 1 atom stereocenters. The van der Waals surface area contributed by atoms with Crippen LogP contribution in [0.4, 0.5) is 13.6 Å². The third kappa shape index (κ3) is 6.74. The number of carbonyl (C=O) groups excluding carboxylic acids is 1. The van der Waals surface area contributed by atoms with Gasteiger partial charge in [0.25, 0.3) is 0 Å². The van der Waals surface area contributed by atoms with Crippen LogP contribution in [0.3, 0.4) is 0 Å². The number of carboxylic acid groups (broad SMARTS) is 1. The van der Waals surface area contributed by atoms with E-state index in [-0.39, 0.29) is 6.61 Å². The summed E-state index contributed by atoms with van der Waals surface area (Å²) in [5, 5.41) is 10.4. The van der Waals surface area contributed by atoms with Crippen LogP contribution in [0.2, 0.25) is 0 Å². The highest BCUT2D eigenvalue weighted by atomic mass is 19.3. The van der Waals surface area contributed by atoms with Crippen LogP contribution in [0.25, 0.3) is 0 Å². The van der Waals surface area contributed by atoms with E-state index >= 15 is 0 Å². The minimum atomic E-state index is -2.81. The molecule has 0 aliphatic rings. The Morgan fingerprint density at radius 2 is 2.12 bits per heavy atom. The van der Waals surface area contributed by atoms with E-state index in [0.29, 0.717) is 0 Å². The van der Waals surface area contributed by atoms with Gasteiger partial charge in [-0.15, -0.1) is 0 Å². The molecule has 0 aromatic carbocycles. The Balaban J connectivity index is 3.96. The van der Waals surface area contributed by atoms with E-state index in [2.05, 4.69) is 16.6 Å². The van der Waals surface area contributed by atoms with Crippen molar-refractivity contribution in [2.24, 2.45) is 5.92 Å². The van der Waals surface area contributed by atoms with E-state index in [9.17, 15) is 18.4 Å². The first kappa shape index (κ1) is 14.3. The van der Waals surface area contributed by atoms with Gasteiger partial charge in [0.2, 0.25) is 6.43 Å². The van der Waals surface area contributed by atoms with Crippen molar-refractivity contribution in [3.63, 3.8) is 0 Å². The van der Waals surface area contributed by atoms with Crippen molar-refractivity contribution in [3.8, 4) is 0 Å². The van der Waals surface area contributed by atoms with E-state index in [0.717, 1.165) is 0 Å². The summed E-state index contributed by atoms with van der Waals surface area (Å²) in [5.41, 5.74) is 0. The van der Waals surface area contributed by atoms with E-state index in [1.165, 1.54) is 6.08 Å². The van der Waals surface area contributed by atoms with Crippen molar-refractivity contribution in [1.29, 1.82) is 0 Å². The molecule has 0 bridgehead atoms. The molecule has 0 rings (SSSR count). The average Bonchev–Trinajstić information content (AvgIpc) is 2.20. The van der Waals surface area contributed by atoms with Gasteiger partial charge in [-0.1, -0.05) is 12.7 Å². The van der Waals surface area contributed by atoms with Crippen LogP contribution in [-0.4, -0.2) is 36.7 Å². The van der Waals surface area contributed by atoms with Crippen LogP contribution in [0, 0.1) is 5.92 Å². The average molecular weight is 237 g/mol. The molecular formula is C9H13F2NO4. The molecule has 5 nitrogen and oxygen atoms in total. The van der Waals surface area contributed by atoms with Crippen molar-refractivity contribution in [1.82, 2.24) is 5.32 Å². The minimum absolute atomic E-state index is 0.0376. The van der Waals surface area contributed by atoms with Crippen molar-refractivity contribution in [3.05, 3.63) is 12.7 Å². The molecule has 0 spiro atoms. The fourth-order valence-electron chi connectivity index (χ4n) is 0.875. The number of hydrogen-bond donors (Lipinski definition) is 2. The molecule has 1 amide bonds. The maximum Gasteiger partial charge on any atom is 0.407 e. The second kappa shape index (κ2) is 7.61. The number of amides is 1. The quantitative estimate of drug-likeness (QED) is 0.653. The SMILES string of the molecule is C=CCOC(=O)NCC(CC(=O)O)C(F)F. The van der Waals surface area contributed by atoms with Gasteiger partial charge in [-0.25, -0.2) is 13.6 Å². The number of ether oxygens (including phenoxy) is 1. The molecule has 0 saturated heterocycles. The summed E-state index contributed by atoms with van der Waals surface area (Å²) in [5.74, 6) is -2.76. The molecule has 0 aromatic rings. The zero-order valence-electron chi connectivity index (χ0n) is 8.49. The molecule has 2 N–H and O–H groups in total. The fourth-order valence-corrected chi connectivity index (χ4v) is 0.875. The molecule has 16 heavy (non-hydrogen) atoms. The Bertz CT molecular complexity index is 258. The number of hydrogen-bond acceptors (Lipinski definition) is 3. The van der Waals surface area contributed by atoms with Crippen molar-refractivity contribution < 1.29 is 28.2 Å². The largest absolute Gasteiger partial charge is 0.481 e. The highest BCUT2D eigenvalue weighted by molar-refractivity contribution is 5.68. The first-order valence-corrected chi connectivity index (χ1v) is 4.48. The van der Waals surface area contributed by atoms with E-state index in [4.69, 9.17) is 5.11 Å². The summed E-state index contributed by atoms with van der Waals surface area (Å²) < 4.78 is 29.0. The molecule has 92 valence electrons. The van der Waals surface area contributed by atoms with Crippen LogP contribution < -0.4 is 5.32 Å². The number of halogens is 2. The van der Waals surface area contributed by atoms with Crippen molar-refractivity contribution >= 4 is 12.1 Å². The lowest BCUT2D eigenvalue weighted by Gasteiger charge is -2.14. The van der Waals surface area contributed by atoms with Gasteiger partial charge in [0, 0.05) is 12.5 Å². The molecule has 0 aliphatic carbocycles. The topological polar surface area (TPSA) is 75.6 Å². The summed E-state index contributed by atoms with van der Waals surface area (Å²) in [4.78, 5) is 21.1. The molecule has 0 aromatic heterocycles. The van der Waals surface area contributed by atoms with Gasteiger partial charge in [-0.2, -0.15) is 0 Å². The van der Waals surface area contributed by atoms with E-state index < -0.39 is 37.4 Å². The summed E-state index contributed by atoms with van der Waals surface area (Å²) in [7, 11) is 0. The molecule has 0 fully saturated rings. The number of alkyl halides is 2. The summed E-state index contributed by atoms with van der Waals surface area (Å²) in [6.45, 7) is 2.81. The lowest BCUT2D eigenvalue weighted by atomic mass is 10.1. The van der Waals surface area contributed by atoms with Gasteiger partial charge < -0.3 is 15.2 Å². The van der Waals surface area contributed by atoms with Gasteiger partial charge >= 0.3 is 12.1 Å². The zero-order valence-corrected chi connectivity index (χ0v) is 8.49. The predicted molar refractivity (Wildman–Crippen MR) is 51.3 cm³/mol. The summed E-state index contributed by atoms with van der Waals surface area (Å²) in [6, 6.07) is 0. The molecule has 0 aliphatic heterocycles. The van der Waals surface area contributed by atoms with Crippen molar-refractivity contribution in [2.45, 2.75) is 12.8 Å². The molecule has 0 saturated carbocycles. The Kier molecular flexibility index (Phi) is 6.82. The molecule has 7 heteroatoms. The summed E-state index contributed by atoms with van der Waals surface area (Å²) >= 11 is 0. The normalized spacial score (nSPS) is 11.9. The van der Waals surface area contributed by atoms with Crippen LogP contribution >= 0.6 is 0 Å². The van der Waals surface area contributed by atoms with Gasteiger partial charge in [0.05, 0.1) is 6.42 Å². The Morgan fingerprint density at radius 3 is 2.56 bits per heavy atom. The van der Waals surface area contributed by atoms with Crippen LogP contribution in [0.1, 0.15) is 6.42 Å². The van der Waals surface area contributed by atoms with Crippen molar-refractivity contribution in [2.75, 3.05) is 13.2 Å². The van der Waals surface area contributed by atoms with Gasteiger partial charge in [0.15, 0.2) is 0 Å². The zero-order chi connectivity index (χ0) is 12.6. The van der Waals surface area contributed by atoms with E-state index in [1.807, 2.05) is 0 Å². The Labute approximate surface area is 91.1 Å². The lowest BCUT2D eigenvalue weighted by Crippen LogP contribution is -2.34. The number of carbonyl (C=O) groups is 2. The highest BCUT2D eigenvalue weighted by Crippen LogP contribution is 2.13. The first-order valence-electron chi connectivity index (χ1n) is 4.48. The standard InChI is InChI=1S/C9H13F2NO4/c1-2-3-16-9(15)12-5-6(8(10)11)4-7(13)14/h2,6,8H,1,3-5H2,(H,12,15)(H,13,14).